The Balaban J connectivity index is 1.88. The summed E-state index contributed by atoms with van der Waals surface area (Å²) < 4.78 is 10.8. The van der Waals surface area contributed by atoms with Crippen molar-refractivity contribution in [3.63, 3.8) is 0 Å². The van der Waals surface area contributed by atoms with E-state index in [4.69, 9.17) is 9.47 Å². The molecule has 0 bridgehead atoms. The number of nitrogens with one attached hydrogen (secondary N) is 2. The summed E-state index contributed by atoms with van der Waals surface area (Å²) in [5.74, 6) is 2.25. The predicted molar refractivity (Wildman–Crippen MR) is 107 cm³/mol. The van der Waals surface area contributed by atoms with Crippen molar-refractivity contribution >= 4 is 5.96 Å². The molecule has 0 saturated carbocycles. The molecule has 0 aliphatic carbocycles. The van der Waals surface area contributed by atoms with Gasteiger partial charge < -0.3 is 20.1 Å². The van der Waals surface area contributed by atoms with Gasteiger partial charge >= 0.3 is 0 Å². The Hall–Kier alpha value is -2.69. The number of guanidine groups is 1. The quantitative estimate of drug-likeness (QED) is 0.563. The van der Waals surface area contributed by atoms with Crippen LogP contribution in [0.5, 0.6) is 11.5 Å². The lowest BCUT2D eigenvalue weighted by Crippen LogP contribution is -2.42. The fourth-order valence-corrected chi connectivity index (χ4v) is 2.80. The molecule has 26 heavy (non-hydrogen) atoms. The highest BCUT2D eigenvalue weighted by atomic mass is 16.5. The molecule has 5 nitrogen and oxygen atoms in total. The minimum Gasteiger partial charge on any atom is -0.493 e. The van der Waals surface area contributed by atoms with Gasteiger partial charge in [0.2, 0.25) is 0 Å². The van der Waals surface area contributed by atoms with Crippen molar-refractivity contribution in [2.75, 3.05) is 21.3 Å². The summed E-state index contributed by atoms with van der Waals surface area (Å²) in [6.07, 6.45) is 2.07. The number of aliphatic imine (C=N–C) groups is 1. The molecule has 1 unspecified atom stereocenters. The summed E-state index contributed by atoms with van der Waals surface area (Å²) in [6, 6.07) is 16.7. The molecule has 0 radical (unpaired) electrons. The van der Waals surface area contributed by atoms with E-state index in [9.17, 15) is 0 Å². The molecule has 0 aliphatic rings. The second-order valence-corrected chi connectivity index (χ2v) is 6.15. The Morgan fingerprint density at radius 1 is 1.04 bits per heavy atom. The number of nitrogens with zero attached hydrogens (tertiary/aromatic N) is 1. The summed E-state index contributed by atoms with van der Waals surface area (Å²) in [4.78, 5) is 4.32. The molecular formula is C21H29N3O2. The summed E-state index contributed by atoms with van der Waals surface area (Å²) in [5.41, 5.74) is 2.37. The van der Waals surface area contributed by atoms with Crippen LogP contribution < -0.4 is 20.1 Å². The minimum absolute atomic E-state index is 0.314. The summed E-state index contributed by atoms with van der Waals surface area (Å²) >= 11 is 0. The third kappa shape index (κ3) is 5.69. The lowest BCUT2D eigenvalue weighted by molar-refractivity contribution is 0.351. The minimum atomic E-state index is 0.314. The Morgan fingerprint density at radius 2 is 1.81 bits per heavy atom. The number of ether oxygens (including phenoxy) is 2. The third-order valence-electron chi connectivity index (χ3n) is 4.25. The number of benzene rings is 2. The van der Waals surface area contributed by atoms with Gasteiger partial charge in [0.15, 0.2) is 17.5 Å². The van der Waals surface area contributed by atoms with Gasteiger partial charge in [-0.2, -0.15) is 0 Å². The molecule has 0 aliphatic heterocycles. The predicted octanol–water partition coefficient (Wildman–Crippen LogP) is 3.39. The van der Waals surface area contributed by atoms with E-state index in [1.807, 2.05) is 24.3 Å². The van der Waals surface area contributed by atoms with Gasteiger partial charge in [-0.05, 0) is 31.4 Å². The number of aryl methyl sites for hydroxylation is 1. The van der Waals surface area contributed by atoms with Crippen molar-refractivity contribution in [1.29, 1.82) is 0 Å². The summed E-state index contributed by atoms with van der Waals surface area (Å²) in [6.45, 7) is 2.77. The smallest absolute Gasteiger partial charge is 0.191 e. The lowest BCUT2D eigenvalue weighted by atomic mass is 10.1. The first kappa shape index (κ1) is 19.6. The van der Waals surface area contributed by atoms with Crippen molar-refractivity contribution in [2.24, 2.45) is 4.99 Å². The largest absolute Gasteiger partial charge is 0.493 e. The number of rotatable bonds is 8. The van der Waals surface area contributed by atoms with Crippen LogP contribution in [0.2, 0.25) is 0 Å². The number of hydrogen-bond acceptors (Lipinski definition) is 3. The summed E-state index contributed by atoms with van der Waals surface area (Å²) in [5, 5.41) is 6.78. The molecule has 140 valence electrons. The van der Waals surface area contributed by atoms with E-state index >= 15 is 0 Å². The first-order valence-corrected chi connectivity index (χ1v) is 8.89. The molecule has 0 saturated heterocycles. The Kier molecular flexibility index (Phi) is 7.80. The van der Waals surface area contributed by atoms with Gasteiger partial charge in [0.05, 0.1) is 14.2 Å². The zero-order valence-electron chi connectivity index (χ0n) is 16.1. The summed E-state index contributed by atoms with van der Waals surface area (Å²) in [7, 11) is 5.08. The number of methoxy groups -OCH3 is 2. The monoisotopic (exact) mass is 355 g/mol. The SMILES string of the molecule is CN=C(NCc1cccc(OC)c1OC)NC(C)CCc1ccccc1. The van der Waals surface area contributed by atoms with E-state index in [1.54, 1.807) is 21.3 Å². The molecule has 0 heterocycles. The van der Waals surface area contributed by atoms with Crippen LogP contribution >= 0.6 is 0 Å². The standard InChI is InChI=1S/C21H29N3O2/c1-16(13-14-17-9-6-5-7-10-17)24-21(22-2)23-15-18-11-8-12-19(25-3)20(18)26-4/h5-12,16H,13-15H2,1-4H3,(H2,22,23,24). The molecule has 2 rings (SSSR count). The maximum atomic E-state index is 5.48. The fraction of sp³-hybridized carbons (Fsp3) is 0.381. The van der Waals surface area contributed by atoms with Crippen molar-refractivity contribution in [1.82, 2.24) is 10.6 Å². The van der Waals surface area contributed by atoms with E-state index in [-0.39, 0.29) is 0 Å². The van der Waals surface area contributed by atoms with Crippen molar-refractivity contribution in [3.05, 3.63) is 59.7 Å². The van der Waals surface area contributed by atoms with Crippen LogP contribution in [0.4, 0.5) is 0 Å². The maximum Gasteiger partial charge on any atom is 0.191 e. The molecule has 2 aromatic rings. The van der Waals surface area contributed by atoms with Gasteiger partial charge in [0.25, 0.3) is 0 Å². The Bertz CT molecular complexity index is 702. The molecule has 0 aromatic heterocycles. The Morgan fingerprint density at radius 3 is 2.46 bits per heavy atom. The zero-order valence-corrected chi connectivity index (χ0v) is 16.1. The highest BCUT2D eigenvalue weighted by molar-refractivity contribution is 5.80. The molecule has 5 heteroatoms. The van der Waals surface area contributed by atoms with E-state index in [0.29, 0.717) is 12.6 Å². The van der Waals surface area contributed by atoms with Crippen LogP contribution in [0.1, 0.15) is 24.5 Å². The van der Waals surface area contributed by atoms with Crippen molar-refractivity contribution in [3.8, 4) is 11.5 Å². The molecule has 0 fully saturated rings. The third-order valence-corrected chi connectivity index (χ3v) is 4.25. The van der Waals surface area contributed by atoms with E-state index in [1.165, 1.54) is 5.56 Å². The van der Waals surface area contributed by atoms with Gasteiger partial charge in [0, 0.05) is 25.2 Å². The van der Waals surface area contributed by atoms with Crippen LogP contribution in [0.15, 0.2) is 53.5 Å². The second-order valence-electron chi connectivity index (χ2n) is 6.15. The van der Waals surface area contributed by atoms with Gasteiger partial charge in [-0.15, -0.1) is 0 Å². The number of hydrogen-bond donors (Lipinski definition) is 2. The average Bonchev–Trinajstić information content (AvgIpc) is 2.69. The average molecular weight is 355 g/mol. The first-order chi connectivity index (χ1) is 12.7. The van der Waals surface area contributed by atoms with Crippen LogP contribution in [-0.2, 0) is 13.0 Å². The van der Waals surface area contributed by atoms with Gasteiger partial charge in [-0.25, -0.2) is 0 Å². The highest BCUT2D eigenvalue weighted by Gasteiger charge is 2.11. The molecular weight excluding hydrogens is 326 g/mol. The van der Waals surface area contributed by atoms with E-state index < -0.39 is 0 Å². The molecule has 2 aromatic carbocycles. The highest BCUT2D eigenvalue weighted by Crippen LogP contribution is 2.30. The second kappa shape index (κ2) is 10.3. The zero-order chi connectivity index (χ0) is 18.8. The molecule has 0 amide bonds. The van der Waals surface area contributed by atoms with Gasteiger partial charge in [0.1, 0.15) is 0 Å². The van der Waals surface area contributed by atoms with Crippen LogP contribution in [0, 0.1) is 0 Å². The van der Waals surface area contributed by atoms with Crippen molar-refractivity contribution in [2.45, 2.75) is 32.4 Å². The lowest BCUT2D eigenvalue weighted by Gasteiger charge is -2.19. The number of para-hydroxylation sites is 1. The first-order valence-electron chi connectivity index (χ1n) is 8.89. The van der Waals surface area contributed by atoms with Crippen molar-refractivity contribution < 1.29 is 9.47 Å². The fourth-order valence-electron chi connectivity index (χ4n) is 2.80. The maximum absolute atomic E-state index is 5.48. The van der Waals surface area contributed by atoms with Gasteiger partial charge in [-0.1, -0.05) is 42.5 Å². The van der Waals surface area contributed by atoms with E-state index in [0.717, 1.165) is 35.9 Å². The molecule has 2 N–H and O–H groups in total. The topological polar surface area (TPSA) is 54.9 Å². The Labute approximate surface area is 156 Å². The molecule has 0 spiro atoms. The molecule has 1 atom stereocenters. The normalized spacial score (nSPS) is 12.4. The van der Waals surface area contributed by atoms with Crippen LogP contribution in [0.3, 0.4) is 0 Å². The van der Waals surface area contributed by atoms with Crippen LogP contribution in [-0.4, -0.2) is 33.3 Å². The van der Waals surface area contributed by atoms with Crippen LogP contribution in [0.25, 0.3) is 0 Å². The van der Waals surface area contributed by atoms with E-state index in [2.05, 4.69) is 46.8 Å². The van der Waals surface area contributed by atoms with Gasteiger partial charge in [-0.3, -0.25) is 4.99 Å².